The zero-order chi connectivity index (χ0) is 14.6. The summed E-state index contributed by atoms with van der Waals surface area (Å²) in [5.41, 5.74) is 4.37. The molecule has 1 heterocycles. The quantitative estimate of drug-likeness (QED) is 0.739. The molecule has 0 spiro atoms. The molecule has 1 amide bonds. The molecule has 2 N–H and O–H groups in total. The average Bonchev–Trinajstić information content (AvgIpc) is 2.38. The minimum absolute atomic E-state index is 0.0234. The number of amides is 1. The first-order valence-corrected chi connectivity index (χ1v) is 6.26. The van der Waals surface area contributed by atoms with E-state index in [4.69, 9.17) is 10.5 Å². The zero-order valence-corrected chi connectivity index (χ0v) is 11.3. The number of nitrogens with zero attached hydrogens (tertiary/aromatic N) is 1. The number of halogens is 3. The van der Waals surface area contributed by atoms with E-state index in [-0.39, 0.29) is 19.5 Å². The Morgan fingerprint density at radius 1 is 1.37 bits per heavy atom. The van der Waals surface area contributed by atoms with Gasteiger partial charge in [0, 0.05) is 24.5 Å². The lowest BCUT2D eigenvalue weighted by molar-refractivity contribution is -0.224. The van der Waals surface area contributed by atoms with Gasteiger partial charge in [-0.25, -0.2) is 4.79 Å². The van der Waals surface area contributed by atoms with Gasteiger partial charge in [0.1, 0.15) is 5.60 Å². The average molecular weight is 280 g/mol. The Morgan fingerprint density at radius 2 is 1.95 bits per heavy atom. The fraction of sp³-hybridized carbons (Fsp3) is 0.917. The van der Waals surface area contributed by atoms with Crippen LogP contribution in [-0.2, 0) is 4.74 Å². The largest absolute Gasteiger partial charge is 0.444 e. The molecule has 7 heteroatoms. The molecule has 0 aromatic heterocycles. The van der Waals surface area contributed by atoms with E-state index in [2.05, 4.69) is 0 Å². The maximum Gasteiger partial charge on any atom is 0.410 e. The van der Waals surface area contributed by atoms with E-state index in [9.17, 15) is 18.0 Å². The Bertz CT molecular complexity index is 391. The first-order chi connectivity index (χ1) is 8.42. The Hall–Kier alpha value is -0.980. The van der Waals surface area contributed by atoms with E-state index in [0.29, 0.717) is 0 Å². The van der Waals surface area contributed by atoms with Crippen molar-refractivity contribution in [2.45, 2.75) is 44.5 Å². The number of alkyl halides is 3. The number of hydrogen-bond acceptors (Lipinski definition) is 3. The lowest BCUT2D eigenvalue weighted by Crippen LogP contribution is -2.63. The molecule has 110 valence electrons. The van der Waals surface area contributed by atoms with Crippen LogP contribution in [-0.4, -0.2) is 41.4 Å². The summed E-state index contributed by atoms with van der Waals surface area (Å²) in [4.78, 5) is 13.1. The van der Waals surface area contributed by atoms with Crippen LogP contribution in [0.5, 0.6) is 0 Å². The van der Waals surface area contributed by atoms with Crippen molar-refractivity contribution in [2.24, 2.45) is 17.6 Å². The lowest BCUT2D eigenvalue weighted by atomic mass is 9.61. The number of carbonyl (C=O) groups is 1. The van der Waals surface area contributed by atoms with Gasteiger partial charge in [-0.3, -0.25) is 0 Å². The van der Waals surface area contributed by atoms with Gasteiger partial charge in [-0.1, -0.05) is 0 Å². The second-order valence-corrected chi connectivity index (χ2v) is 6.55. The predicted molar refractivity (Wildman–Crippen MR) is 62.4 cm³/mol. The highest BCUT2D eigenvalue weighted by molar-refractivity contribution is 5.69. The summed E-state index contributed by atoms with van der Waals surface area (Å²) in [5.74, 6) is -2.11. The molecular formula is C12H19F3N2O2. The topological polar surface area (TPSA) is 55.6 Å². The van der Waals surface area contributed by atoms with Gasteiger partial charge >= 0.3 is 12.3 Å². The third-order valence-corrected chi connectivity index (χ3v) is 3.80. The molecule has 19 heavy (non-hydrogen) atoms. The standard InChI is InChI=1S/C12H19F3N2O2/c1-10(2,3)19-9(18)17-5-8-7(12(13,14)15)4-11(8,16)6-17/h7-8H,4-6,16H2,1-3H3/t7-,8+,11-/m0/s1. The van der Waals surface area contributed by atoms with Crippen molar-refractivity contribution in [1.82, 2.24) is 4.90 Å². The predicted octanol–water partition coefficient (Wildman–Crippen LogP) is 2.13. The normalized spacial score (nSPS) is 34.8. The van der Waals surface area contributed by atoms with Crippen LogP contribution in [0.15, 0.2) is 0 Å². The zero-order valence-electron chi connectivity index (χ0n) is 11.3. The molecule has 1 aliphatic heterocycles. The van der Waals surface area contributed by atoms with Crippen molar-refractivity contribution in [3.8, 4) is 0 Å². The van der Waals surface area contributed by atoms with E-state index in [1.165, 1.54) is 4.90 Å². The van der Waals surface area contributed by atoms with Crippen LogP contribution in [0.25, 0.3) is 0 Å². The number of likely N-dealkylation sites (tertiary alicyclic amines) is 1. The van der Waals surface area contributed by atoms with Crippen LogP contribution in [0, 0.1) is 11.8 Å². The van der Waals surface area contributed by atoms with Crippen molar-refractivity contribution in [1.29, 1.82) is 0 Å². The summed E-state index contributed by atoms with van der Waals surface area (Å²) in [6.07, 6.45) is -4.94. The molecule has 0 aromatic rings. The Balaban J connectivity index is 2.02. The molecule has 2 aliphatic rings. The molecular weight excluding hydrogens is 261 g/mol. The maximum absolute atomic E-state index is 12.7. The minimum Gasteiger partial charge on any atom is -0.444 e. The van der Waals surface area contributed by atoms with E-state index in [1.54, 1.807) is 20.8 Å². The van der Waals surface area contributed by atoms with E-state index in [0.717, 1.165) is 0 Å². The van der Waals surface area contributed by atoms with E-state index >= 15 is 0 Å². The maximum atomic E-state index is 12.7. The summed E-state index contributed by atoms with van der Waals surface area (Å²) in [7, 11) is 0. The molecule has 3 atom stereocenters. The molecule has 1 saturated carbocycles. The van der Waals surface area contributed by atoms with Crippen LogP contribution in [0.2, 0.25) is 0 Å². The van der Waals surface area contributed by atoms with Crippen LogP contribution in [0.3, 0.4) is 0 Å². The SMILES string of the molecule is CC(C)(C)OC(=O)N1C[C@@H]2[C@@H](C(F)(F)F)C[C@]2(N)C1. The van der Waals surface area contributed by atoms with Gasteiger partial charge in [0.25, 0.3) is 0 Å². The summed E-state index contributed by atoms with van der Waals surface area (Å²) < 4.78 is 43.3. The molecule has 0 radical (unpaired) electrons. The Morgan fingerprint density at radius 3 is 2.42 bits per heavy atom. The van der Waals surface area contributed by atoms with Crippen molar-refractivity contribution in [2.75, 3.05) is 13.1 Å². The van der Waals surface area contributed by atoms with Gasteiger partial charge in [-0.15, -0.1) is 0 Å². The molecule has 1 aliphatic carbocycles. The number of carbonyl (C=O) groups excluding carboxylic acids is 1. The highest BCUT2D eigenvalue weighted by Gasteiger charge is 2.65. The van der Waals surface area contributed by atoms with Gasteiger partial charge in [0.05, 0.1) is 5.92 Å². The van der Waals surface area contributed by atoms with Gasteiger partial charge in [-0.05, 0) is 27.2 Å². The highest BCUT2D eigenvalue weighted by atomic mass is 19.4. The number of ether oxygens (including phenoxy) is 1. The van der Waals surface area contributed by atoms with Crippen LogP contribution in [0.1, 0.15) is 27.2 Å². The summed E-state index contributed by atoms with van der Waals surface area (Å²) >= 11 is 0. The number of nitrogens with two attached hydrogens (primary N) is 1. The molecule has 4 nitrogen and oxygen atoms in total. The smallest absolute Gasteiger partial charge is 0.410 e. The fourth-order valence-corrected chi connectivity index (χ4v) is 2.90. The van der Waals surface area contributed by atoms with Crippen LogP contribution < -0.4 is 5.73 Å². The third-order valence-electron chi connectivity index (χ3n) is 3.80. The fourth-order valence-electron chi connectivity index (χ4n) is 2.90. The first kappa shape index (κ1) is 14.4. The Kier molecular flexibility index (Phi) is 3.04. The van der Waals surface area contributed by atoms with Crippen LogP contribution in [0.4, 0.5) is 18.0 Å². The molecule has 0 aromatic carbocycles. The molecule has 2 rings (SSSR count). The van der Waals surface area contributed by atoms with Crippen molar-refractivity contribution in [3.63, 3.8) is 0 Å². The van der Waals surface area contributed by atoms with E-state index in [1.807, 2.05) is 0 Å². The number of fused-ring (bicyclic) bond motifs is 1. The van der Waals surface area contributed by atoms with Crippen molar-refractivity contribution >= 4 is 6.09 Å². The van der Waals surface area contributed by atoms with Gasteiger partial charge in [-0.2, -0.15) is 13.2 Å². The monoisotopic (exact) mass is 280 g/mol. The molecule has 2 fully saturated rings. The van der Waals surface area contributed by atoms with Crippen molar-refractivity contribution in [3.05, 3.63) is 0 Å². The second kappa shape index (κ2) is 4.01. The minimum atomic E-state index is -4.24. The van der Waals surface area contributed by atoms with Gasteiger partial charge in [0.2, 0.25) is 0 Å². The third kappa shape index (κ3) is 2.66. The Labute approximate surface area is 110 Å². The summed E-state index contributed by atoms with van der Waals surface area (Å²) in [5, 5.41) is 0. The van der Waals surface area contributed by atoms with Gasteiger partial charge in [0.15, 0.2) is 0 Å². The molecule has 0 unspecified atom stereocenters. The molecule has 0 bridgehead atoms. The van der Waals surface area contributed by atoms with Crippen LogP contribution >= 0.6 is 0 Å². The highest BCUT2D eigenvalue weighted by Crippen LogP contribution is 2.54. The van der Waals surface area contributed by atoms with Crippen molar-refractivity contribution < 1.29 is 22.7 Å². The second-order valence-electron chi connectivity index (χ2n) is 6.55. The number of hydrogen-bond donors (Lipinski definition) is 1. The van der Waals surface area contributed by atoms with Gasteiger partial charge < -0.3 is 15.4 Å². The number of rotatable bonds is 0. The summed E-state index contributed by atoms with van der Waals surface area (Å²) in [6, 6.07) is 0. The first-order valence-electron chi connectivity index (χ1n) is 6.26. The molecule has 1 saturated heterocycles. The lowest BCUT2D eigenvalue weighted by Gasteiger charge is -2.48. The summed E-state index contributed by atoms with van der Waals surface area (Å²) in [6.45, 7) is 5.31. The van der Waals surface area contributed by atoms with E-state index < -0.39 is 35.2 Å².